The molecular formula is C31H38F3N5O7S. The van der Waals surface area contributed by atoms with E-state index in [2.05, 4.69) is 26.0 Å². The number of halogens is 3. The normalized spacial score (nSPS) is 18.8. The number of carbonyl (C=O) groups excluding carboxylic acids is 4. The van der Waals surface area contributed by atoms with Gasteiger partial charge in [-0.15, -0.1) is 0 Å². The van der Waals surface area contributed by atoms with Crippen LogP contribution >= 0.6 is 11.8 Å². The Hall–Kier alpha value is -4.31. The first-order chi connectivity index (χ1) is 22.3. The highest BCUT2D eigenvalue weighted by atomic mass is 32.2. The summed E-state index contributed by atoms with van der Waals surface area (Å²) in [4.78, 5) is 55.6. The number of thioether (sulfide) groups is 1. The van der Waals surface area contributed by atoms with Crippen molar-refractivity contribution in [1.29, 1.82) is 0 Å². The Balaban J connectivity index is 0.000000257. The molecule has 0 spiro atoms. The average molecular weight is 682 g/mol. The third-order valence-corrected chi connectivity index (χ3v) is 8.77. The number of alkyl halides is 3. The van der Waals surface area contributed by atoms with Crippen LogP contribution in [0.5, 0.6) is 0 Å². The molecule has 0 bridgehead atoms. The van der Waals surface area contributed by atoms with Crippen molar-refractivity contribution in [2.45, 2.75) is 74.5 Å². The fourth-order valence-electron chi connectivity index (χ4n) is 4.78. The number of anilines is 2. The zero-order valence-corrected chi connectivity index (χ0v) is 26.2. The molecule has 4 rings (SSSR count). The van der Waals surface area contributed by atoms with Crippen molar-refractivity contribution in [1.82, 2.24) is 16.0 Å². The highest BCUT2D eigenvalue weighted by Crippen LogP contribution is 2.33. The third kappa shape index (κ3) is 12.8. The second kappa shape index (κ2) is 18.1. The van der Waals surface area contributed by atoms with Crippen LogP contribution in [0, 0.1) is 0 Å². The predicted octanol–water partition coefficient (Wildman–Crippen LogP) is 4.09. The number of unbranched alkanes of at least 4 members (excludes halogenated alkanes) is 2. The van der Waals surface area contributed by atoms with Crippen molar-refractivity contribution in [3.8, 4) is 0 Å². The lowest BCUT2D eigenvalue weighted by atomic mass is 10.0. The minimum Gasteiger partial charge on any atom is -0.480 e. The number of amides is 3. The molecule has 256 valence electrons. The number of urea groups is 1. The van der Waals surface area contributed by atoms with E-state index in [-0.39, 0.29) is 29.6 Å². The molecule has 2 aromatic carbocycles. The van der Waals surface area contributed by atoms with Gasteiger partial charge in [0.25, 0.3) is 0 Å². The molecule has 2 aromatic rings. The Labute approximate surface area is 273 Å². The van der Waals surface area contributed by atoms with Gasteiger partial charge in [-0.2, -0.15) is 24.9 Å². The van der Waals surface area contributed by atoms with Crippen LogP contribution in [0.25, 0.3) is 0 Å². The molecule has 4 atom stereocenters. The van der Waals surface area contributed by atoms with E-state index >= 15 is 0 Å². The molecule has 47 heavy (non-hydrogen) atoms. The van der Waals surface area contributed by atoms with Gasteiger partial charge in [0.2, 0.25) is 5.91 Å². The van der Waals surface area contributed by atoms with Crippen LogP contribution in [0.3, 0.4) is 0 Å². The molecular weight excluding hydrogens is 643 g/mol. The van der Waals surface area contributed by atoms with Crippen LogP contribution < -0.4 is 27.0 Å². The summed E-state index contributed by atoms with van der Waals surface area (Å²) in [6, 6.07) is 14.2. The van der Waals surface area contributed by atoms with Crippen LogP contribution in [0.15, 0.2) is 54.6 Å². The van der Waals surface area contributed by atoms with E-state index in [0.29, 0.717) is 36.7 Å². The summed E-state index contributed by atoms with van der Waals surface area (Å²) >= 11 is 1.89. The molecule has 16 heteroatoms. The molecule has 2 aliphatic rings. The molecule has 0 aromatic heterocycles. The number of carboxylic acid groups (broad SMARTS) is 1. The van der Waals surface area contributed by atoms with Crippen LogP contribution in [0.2, 0.25) is 0 Å². The number of aliphatic carboxylic acids is 1. The number of hydrogen-bond donors (Lipinski definition) is 6. The van der Waals surface area contributed by atoms with Gasteiger partial charge in [-0.05, 0) is 68.5 Å². The molecule has 2 saturated heterocycles. The van der Waals surface area contributed by atoms with E-state index < -0.39 is 30.1 Å². The molecule has 12 nitrogen and oxygen atoms in total. The van der Waals surface area contributed by atoms with Crippen molar-refractivity contribution >= 4 is 53.0 Å². The quantitative estimate of drug-likeness (QED) is 0.0734. The van der Waals surface area contributed by atoms with E-state index in [1.54, 1.807) is 0 Å². The van der Waals surface area contributed by atoms with Gasteiger partial charge in [-0.25, -0.2) is 14.4 Å². The zero-order valence-electron chi connectivity index (χ0n) is 25.4. The van der Waals surface area contributed by atoms with Crippen molar-refractivity contribution in [2.24, 2.45) is 5.73 Å². The summed E-state index contributed by atoms with van der Waals surface area (Å²) in [7, 11) is 0. The number of benzene rings is 2. The fourth-order valence-corrected chi connectivity index (χ4v) is 6.33. The largest absolute Gasteiger partial charge is 0.491 e. The highest BCUT2D eigenvalue weighted by molar-refractivity contribution is 8.00. The molecule has 0 aliphatic carbocycles. The van der Waals surface area contributed by atoms with E-state index in [9.17, 15) is 37.1 Å². The number of para-hydroxylation sites is 1. The van der Waals surface area contributed by atoms with Gasteiger partial charge in [0.05, 0.1) is 17.6 Å². The SMILES string of the molecule is NC(CCCCNC(=O)CCCCC1SCC2NC(=O)NC21)C(=O)O.O=C(OC(=O)C(F)(F)F)c1ccc(Nc2ccccc2)cc1. The van der Waals surface area contributed by atoms with Crippen LogP contribution in [0.4, 0.5) is 29.3 Å². The van der Waals surface area contributed by atoms with E-state index in [4.69, 9.17) is 10.8 Å². The minimum absolute atomic E-state index is 0.0373. The molecule has 2 heterocycles. The monoisotopic (exact) mass is 681 g/mol. The number of nitrogens with two attached hydrogens (primary N) is 1. The summed E-state index contributed by atoms with van der Waals surface area (Å²) in [5.74, 6) is -3.88. The van der Waals surface area contributed by atoms with Crippen molar-refractivity contribution < 1.29 is 47.0 Å². The smallest absolute Gasteiger partial charge is 0.480 e. The summed E-state index contributed by atoms with van der Waals surface area (Å²) in [6.07, 6.45) is -0.0273. The Bertz CT molecular complexity index is 1370. The maximum Gasteiger partial charge on any atom is 0.491 e. The lowest BCUT2D eigenvalue weighted by molar-refractivity contribution is -0.193. The van der Waals surface area contributed by atoms with Gasteiger partial charge >= 0.3 is 30.1 Å². The Morgan fingerprint density at radius 3 is 2.32 bits per heavy atom. The third-order valence-electron chi connectivity index (χ3n) is 7.26. The molecule has 7 N–H and O–H groups in total. The summed E-state index contributed by atoms with van der Waals surface area (Å²) in [5, 5.41) is 20.9. The van der Waals surface area contributed by atoms with Crippen molar-refractivity contribution in [3.63, 3.8) is 0 Å². The minimum atomic E-state index is -5.20. The van der Waals surface area contributed by atoms with Gasteiger partial charge in [-0.1, -0.05) is 24.6 Å². The first-order valence-electron chi connectivity index (χ1n) is 15.0. The first-order valence-corrected chi connectivity index (χ1v) is 16.1. The number of rotatable bonds is 14. The summed E-state index contributed by atoms with van der Waals surface area (Å²) < 4.78 is 39.7. The van der Waals surface area contributed by atoms with Gasteiger partial charge in [0.1, 0.15) is 6.04 Å². The number of esters is 2. The van der Waals surface area contributed by atoms with Crippen LogP contribution in [0.1, 0.15) is 55.3 Å². The standard InChI is InChI=1S/C16H28N4O4S.C15H10F3NO3/c17-10(15(22)23)5-3-4-8-18-13(21)7-2-1-6-12-14-11(9-25-12)19-16(24)20-14;16-15(17,18)14(21)22-13(20)10-6-8-12(9-7-10)19-11-4-2-1-3-5-11/h10-12,14H,1-9,17H2,(H,18,21)(H,22,23)(H2,19,20,24);1-9,19H. The number of hydrogen-bond acceptors (Lipinski definition) is 9. The fraction of sp³-hybridized carbons (Fsp3) is 0.452. The molecule has 2 aliphatic heterocycles. The Kier molecular flexibility index (Phi) is 14.3. The van der Waals surface area contributed by atoms with Gasteiger partial charge < -0.3 is 36.8 Å². The number of nitrogens with one attached hydrogen (secondary N) is 4. The van der Waals surface area contributed by atoms with Crippen molar-refractivity contribution in [2.75, 3.05) is 17.6 Å². The first kappa shape index (κ1) is 37.2. The summed E-state index contributed by atoms with van der Waals surface area (Å²) in [6.45, 7) is 0.561. The number of ether oxygens (including phenoxy) is 1. The number of carbonyl (C=O) groups is 5. The lowest BCUT2D eigenvalue weighted by Crippen LogP contribution is -2.36. The van der Waals surface area contributed by atoms with E-state index in [0.717, 1.165) is 37.1 Å². The molecule has 2 fully saturated rings. The predicted molar refractivity (Wildman–Crippen MR) is 169 cm³/mol. The summed E-state index contributed by atoms with van der Waals surface area (Å²) in [5.41, 5.74) is 6.70. The lowest BCUT2D eigenvalue weighted by Gasteiger charge is -2.16. The van der Waals surface area contributed by atoms with Crippen molar-refractivity contribution in [3.05, 3.63) is 60.2 Å². The second-order valence-corrected chi connectivity index (χ2v) is 12.2. The Morgan fingerprint density at radius 2 is 1.66 bits per heavy atom. The maximum absolute atomic E-state index is 12.0. The van der Waals surface area contributed by atoms with E-state index in [1.165, 1.54) is 24.3 Å². The molecule has 0 radical (unpaired) electrons. The van der Waals surface area contributed by atoms with Crippen LogP contribution in [-0.4, -0.2) is 76.8 Å². The number of fused-ring (bicyclic) bond motifs is 1. The average Bonchev–Trinajstić information content (AvgIpc) is 3.58. The maximum atomic E-state index is 12.0. The topological polar surface area (TPSA) is 189 Å². The van der Waals surface area contributed by atoms with Gasteiger partial charge in [0, 0.05) is 35.3 Å². The molecule has 3 amide bonds. The van der Waals surface area contributed by atoms with Gasteiger partial charge in [0.15, 0.2) is 0 Å². The highest BCUT2D eigenvalue weighted by Gasteiger charge is 2.43. The number of carboxylic acids is 1. The van der Waals surface area contributed by atoms with Crippen LogP contribution in [-0.2, 0) is 19.1 Å². The molecule has 0 saturated carbocycles. The van der Waals surface area contributed by atoms with E-state index in [1.807, 2.05) is 42.1 Å². The van der Waals surface area contributed by atoms with Gasteiger partial charge in [-0.3, -0.25) is 9.59 Å². The Morgan fingerprint density at radius 1 is 0.979 bits per heavy atom. The zero-order chi connectivity index (χ0) is 34.4. The second-order valence-electron chi connectivity index (χ2n) is 10.9. The molecule has 4 unspecified atom stereocenters.